The van der Waals surface area contributed by atoms with Gasteiger partial charge in [-0.1, -0.05) is 0 Å². The first kappa shape index (κ1) is 5.65. The lowest BCUT2D eigenvalue weighted by molar-refractivity contribution is -0.0371. The molecule has 0 amide bonds. The largest absolute Gasteiger partial charge is 0.343 e. The maximum atomic E-state index is 5.72. The molecule has 2 aliphatic heterocycles. The van der Waals surface area contributed by atoms with Crippen molar-refractivity contribution in [2.45, 2.75) is 31.3 Å². The molecule has 2 fully saturated rings. The van der Waals surface area contributed by atoms with Crippen LogP contribution in [-0.2, 0) is 9.47 Å². The van der Waals surface area contributed by atoms with Crippen molar-refractivity contribution in [2.75, 3.05) is 6.61 Å². The number of hydrogen-bond acceptors (Lipinski definition) is 3. The second kappa shape index (κ2) is 1.48. The van der Waals surface area contributed by atoms with Gasteiger partial charge >= 0.3 is 0 Å². The van der Waals surface area contributed by atoms with E-state index < -0.39 is 0 Å². The van der Waals surface area contributed by atoms with Gasteiger partial charge < -0.3 is 15.2 Å². The highest BCUT2D eigenvalue weighted by Crippen LogP contribution is 2.40. The Labute approximate surface area is 54.1 Å². The van der Waals surface area contributed by atoms with Gasteiger partial charge in [-0.15, -0.1) is 0 Å². The summed E-state index contributed by atoms with van der Waals surface area (Å²) < 4.78 is 10.5. The minimum absolute atomic E-state index is 0.104. The number of nitrogens with two attached hydrogens (primary N) is 1. The van der Waals surface area contributed by atoms with Crippen LogP contribution in [0, 0.1) is 0 Å². The molecule has 0 aromatic carbocycles. The molecule has 2 heterocycles. The van der Waals surface area contributed by atoms with E-state index in [4.69, 9.17) is 15.2 Å². The van der Waals surface area contributed by atoms with Gasteiger partial charge in [0.05, 0.1) is 12.1 Å². The van der Waals surface area contributed by atoms with E-state index >= 15 is 0 Å². The minimum atomic E-state index is -0.348. The Hall–Kier alpha value is -0.120. The molecule has 0 aromatic rings. The maximum Gasteiger partial charge on any atom is 0.208 e. The molecule has 0 bridgehead atoms. The van der Waals surface area contributed by atoms with Crippen molar-refractivity contribution in [3.63, 3.8) is 0 Å². The Bertz CT molecular complexity index is 133. The lowest BCUT2D eigenvalue weighted by atomic mass is 10.1. The van der Waals surface area contributed by atoms with E-state index in [2.05, 4.69) is 0 Å². The van der Waals surface area contributed by atoms with Gasteiger partial charge in [0.15, 0.2) is 0 Å². The van der Waals surface area contributed by atoms with E-state index in [1.165, 1.54) is 0 Å². The molecule has 2 rings (SSSR count). The SMILES string of the molecule is C[C@H]1C[C@H](N)C2(CO2)O1. The highest BCUT2D eigenvalue weighted by atomic mass is 16.8. The van der Waals surface area contributed by atoms with Crippen LogP contribution in [0.3, 0.4) is 0 Å². The molecule has 3 nitrogen and oxygen atoms in total. The number of hydrogen-bond donors (Lipinski definition) is 1. The summed E-state index contributed by atoms with van der Waals surface area (Å²) in [4.78, 5) is 0. The van der Waals surface area contributed by atoms with Gasteiger partial charge in [0, 0.05) is 0 Å². The Kier molecular flexibility index (Phi) is 0.928. The van der Waals surface area contributed by atoms with Gasteiger partial charge in [-0.2, -0.15) is 0 Å². The Morgan fingerprint density at radius 3 is 2.56 bits per heavy atom. The highest BCUT2D eigenvalue weighted by molar-refractivity contribution is 4.99. The lowest BCUT2D eigenvalue weighted by Gasteiger charge is -2.06. The highest BCUT2D eigenvalue weighted by Gasteiger charge is 2.57. The quantitative estimate of drug-likeness (QED) is 0.463. The van der Waals surface area contributed by atoms with Crippen molar-refractivity contribution in [1.29, 1.82) is 0 Å². The van der Waals surface area contributed by atoms with E-state index in [9.17, 15) is 0 Å². The summed E-state index contributed by atoms with van der Waals surface area (Å²) in [6.07, 6.45) is 1.21. The van der Waals surface area contributed by atoms with Gasteiger partial charge in [-0.05, 0) is 13.3 Å². The van der Waals surface area contributed by atoms with Crippen LogP contribution in [0.25, 0.3) is 0 Å². The molecule has 52 valence electrons. The molecule has 1 spiro atoms. The van der Waals surface area contributed by atoms with E-state index in [1.807, 2.05) is 6.92 Å². The summed E-state index contributed by atoms with van der Waals surface area (Å²) in [5, 5.41) is 0. The fourth-order valence-corrected chi connectivity index (χ4v) is 1.37. The average molecular weight is 129 g/mol. The Morgan fingerprint density at radius 2 is 2.33 bits per heavy atom. The molecule has 3 atom stereocenters. The molecule has 0 aromatic heterocycles. The van der Waals surface area contributed by atoms with E-state index in [0.29, 0.717) is 6.61 Å². The van der Waals surface area contributed by atoms with Crippen LogP contribution in [0.15, 0.2) is 0 Å². The fourth-order valence-electron chi connectivity index (χ4n) is 1.37. The van der Waals surface area contributed by atoms with Crippen LogP contribution in [0.5, 0.6) is 0 Å². The van der Waals surface area contributed by atoms with E-state index in [-0.39, 0.29) is 17.9 Å². The van der Waals surface area contributed by atoms with Crippen molar-refractivity contribution in [3.05, 3.63) is 0 Å². The Balaban J connectivity index is 2.10. The first-order valence-corrected chi connectivity index (χ1v) is 3.30. The van der Waals surface area contributed by atoms with Crippen LogP contribution in [-0.4, -0.2) is 24.5 Å². The summed E-state index contributed by atoms with van der Waals surface area (Å²) in [6.45, 7) is 2.72. The van der Waals surface area contributed by atoms with Crippen molar-refractivity contribution in [1.82, 2.24) is 0 Å². The third-order valence-corrected chi connectivity index (χ3v) is 1.98. The zero-order valence-corrected chi connectivity index (χ0v) is 5.46. The third kappa shape index (κ3) is 0.689. The predicted octanol–water partition coefficient (Wildman–Crippen LogP) is -0.151. The molecule has 0 saturated carbocycles. The van der Waals surface area contributed by atoms with Crippen molar-refractivity contribution in [2.24, 2.45) is 5.73 Å². The van der Waals surface area contributed by atoms with Crippen molar-refractivity contribution < 1.29 is 9.47 Å². The maximum absolute atomic E-state index is 5.72. The van der Waals surface area contributed by atoms with Gasteiger partial charge in [-0.3, -0.25) is 0 Å². The summed E-state index contributed by atoms with van der Waals surface area (Å²) in [5.74, 6) is -0.348. The third-order valence-electron chi connectivity index (χ3n) is 1.98. The normalized spacial score (nSPS) is 56.7. The summed E-state index contributed by atoms with van der Waals surface area (Å²) >= 11 is 0. The second-order valence-electron chi connectivity index (χ2n) is 2.87. The fraction of sp³-hybridized carbons (Fsp3) is 1.00. The predicted molar refractivity (Wildman–Crippen MR) is 31.8 cm³/mol. The summed E-state index contributed by atoms with van der Waals surface area (Å²) in [6, 6.07) is 0.104. The van der Waals surface area contributed by atoms with Gasteiger partial charge in [0.1, 0.15) is 6.61 Å². The van der Waals surface area contributed by atoms with Gasteiger partial charge in [-0.25, -0.2) is 0 Å². The summed E-state index contributed by atoms with van der Waals surface area (Å²) in [5.41, 5.74) is 5.72. The molecule has 3 heteroatoms. The smallest absolute Gasteiger partial charge is 0.208 e. The monoisotopic (exact) mass is 129 g/mol. The molecular weight excluding hydrogens is 118 g/mol. The molecule has 0 aliphatic carbocycles. The lowest BCUT2D eigenvalue weighted by Crippen LogP contribution is -2.33. The van der Waals surface area contributed by atoms with E-state index in [0.717, 1.165) is 6.42 Å². The van der Waals surface area contributed by atoms with Crippen LogP contribution < -0.4 is 5.73 Å². The first-order valence-electron chi connectivity index (χ1n) is 3.30. The van der Waals surface area contributed by atoms with Crippen LogP contribution in [0.1, 0.15) is 13.3 Å². The molecule has 2 saturated heterocycles. The van der Waals surface area contributed by atoms with Crippen LogP contribution in [0.4, 0.5) is 0 Å². The molecule has 2 N–H and O–H groups in total. The first-order chi connectivity index (χ1) is 4.23. The van der Waals surface area contributed by atoms with E-state index in [1.54, 1.807) is 0 Å². The zero-order chi connectivity index (χ0) is 6.48. The number of ether oxygens (including phenoxy) is 2. The Morgan fingerprint density at radius 1 is 1.67 bits per heavy atom. The second-order valence-corrected chi connectivity index (χ2v) is 2.87. The van der Waals surface area contributed by atoms with Crippen LogP contribution >= 0.6 is 0 Å². The van der Waals surface area contributed by atoms with Gasteiger partial charge in [0.2, 0.25) is 5.79 Å². The van der Waals surface area contributed by atoms with Crippen LogP contribution in [0.2, 0.25) is 0 Å². The molecule has 0 radical (unpaired) electrons. The molecule has 1 unspecified atom stereocenters. The van der Waals surface area contributed by atoms with Crippen molar-refractivity contribution in [3.8, 4) is 0 Å². The standard InChI is InChI=1S/C6H11NO2/c1-4-2-5(7)6(9-4)3-8-6/h4-5H,2-3,7H2,1H3/t4-,5-,6?/m0/s1. The number of epoxide rings is 1. The molecule has 9 heavy (non-hydrogen) atoms. The molecule has 2 aliphatic rings. The topological polar surface area (TPSA) is 47.8 Å². The van der Waals surface area contributed by atoms with Gasteiger partial charge in [0.25, 0.3) is 0 Å². The van der Waals surface area contributed by atoms with Crippen molar-refractivity contribution >= 4 is 0 Å². The molecular formula is C6H11NO2. The summed E-state index contributed by atoms with van der Waals surface area (Å²) in [7, 11) is 0. The minimum Gasteiger partial charge on any atom is -0.343 e. The average Bonchev–Trinajstić information content (AvgIpc) is 2.42. The zero-order valence-electron chi connectivity index (χ0n) is 5.46. The number of rotatable bonds is 0.